The largest absolute Gasteiger partial charge is 0.481 e. The van der Waals surface area contributed by atoms with Crippen molar-refractivity contribution in [3.05, 3.63) is 23.9 Å². The first-order valence-corrected chi connectivity index (χ1v) is 5.32. The number of guanidine groups is 1. The number of hydrogen-bond acceptors (Lipinski definition) is 5. The molecule has 5 heteroatoms. The second kappa shape index (κ2) is 4.83. The molecular formula is C11H16N4O. The monoisotopic (exact) mass is 220 g/mol. The zero-order valence-electron chi connectivity index (χ0n) is 9.53. The van der Waals surface area contributed by atoms with Gasteiger partial charge in [-0.2, -0.15) is 0 Å². The molecule has 0 saturated carbocycles. The van der Waals surface area contributed by atoms with Gasteiger partial charge in [0.05, 0.1) is 25.9 Å². The lowest BCUT2D eigenvalue weighted by atomic mass is 10.3. The highest BCUT2D eigenvalue weighted by Crippen LogP contribution is 2.06. The summed E-state index contributed by atoms with van der Waals surface area (Å²) in [6, 6.07) is 6.13. The van der Waals surface area contributed by atoms with E-state index in [-0.39, 0.29) is 0 Å². The van der Waals surface area contributed by atoms with Gasteiger partial charge in [0.2, 0.25) is 5.88 Å². The summed E-state index contributed by atoms with van der Waals surface area (Å²) in [5, 5.41) is 6.43. The lowest BCUT2D eigenvalue weighted by Gasteiger charge is -2.08. The zero-order valence-corrected chi connectivity index (χ0v) is 9.53. The molecule has 0 saturated heterocycles. The van der Waals surface area contributed by atoms with Gasteiger partial charge in [0, 0.05) is 12.1 Å². The van der Waals surface area contributed by atoms with Gasteiger partial charge >= 0.3 is 0 Å². The molecule has 0 fully saturated rings. The molecule has 86 valence electrons. The Morgan fingerprint density at radius 3 is 3.12 bits per heavy atom. The molecule has 2 heterocycles. The molecule has 0 radical (unpaired) electrons. The molecule has 1 aliphatic heterocycles. The van der Waals surface area contributed by atoms with Gasteiger partial charge in [-0.05, 0) is 13.0 Å². The summed E-state index contributed by atoms with van der Waals surface area (Å²) in [5.41, 5.74) is 0.934. The minimum Gasteiger partial charge on any atom is -0.481 e. The maximum atomic E-state index is 5.06. The number of nitrogens with one attached hydrogen (secondary N) is 2. The van der Waals surface area contributed by atoms with E-state index in [0.717, 1.165) is 18.2 Å². The maximum Gasteiger partial charge on any atom is 0.213 e. The van der Waals surface area contributed by atoms with Crippen LogP contribution in [-0.4, -0.2) is 30.6 Å². The lowest BCUT2D eigenvalue weighted by Crippen LogP contribution is -2.37. The van der Waals surface area contributed by atoms with E-state index < -0.39 is 0 Å². The van der Waals surface area contributed by atoms with Gasteiger partial charge in [-0.3, -0.25) is 4.99 Å². The molecule has 1 aromatic heterocycles. The summed E-state index contributed by atoms with van der Waals surface area (Å²) in [5.74, 6) is 1.48. The molecule has 0 spiro atoms. The number of hydrogen-bond donors (Lipinski definition) is 2. The highest BCUT2D eigenvalue weighted by Gasteiger charge is 2.11. The molecule has 2 N–H and O–H groups in total. The molecule has 0 bridgehead atoms. The quantitative estimate of drug-likeness (QED) is 0.780. The molecule has 1 aromatic rings. The molecule has 0 aromatic carbocycles. The van der Waals surface area contributed by atoms with Crippen molar-refractivity contribution in [3.8, 4) is 5.88 Å². The summed E-state index contributed by atoms with van der Waals surface area (Å²) in [6.07, 6.45) is 0. The maximum absolute atomic E-state index is 5.06. The fourth-order valence-electron chi connectivity index (χ4n) is 1.50. The third-order valence-corrected chi connectivity index (χ3v) is 2.33. The van der Waals surface area contributed by atoms with Crippen LogP contribution in [0.2, 0.25) is 0 Å². The second-order valence-corrected chi connectivity index (χ2v) is 3.76. The van der Waals surface area contributed by atoms with Gasteiger partial charge in [0.25, 0.3) is 0 Å². The Morgan fingerprint density at radius 2 is 2.44 bits per heavy atom. The molecule has 0 aliphatic carbocycles. The van der Waals surface area contributed by atoms with Crippen molar-refractivity contribution < 1.29 is 4.74 Å². The van der Waals surface area contributed by atoms with Crippen molar-refractivity contribution in [2.75, 3.05) is 13.7 Å². The summed E-state index contributed by atoms with van der Waals surface area (Å²) in [7, 11) is 1.61. The fourth-order valence-corrected chi connectivity index (χ4v) is 1.50. The number of pyridine rings is 1. The Balaban J connectivity index is 1.89. The SMILES string of the molecule is COc1cccc(CNC2=NCC(C)N2)n1. The van der Waals surface area contributed by atoms with Crippen molar-refractivity contribution in [1.82, 2.24) is 15.6 Å². The highest BCUT2D eigenvalue weighted by molar-refractivity contribution is 5.81. The van der Waals surface area contributed by atoms with Crippen LogP contribution in [0.3, 0.4) is 0 Å². The van der Waals surface area contributed by atoms with Gasteiger partial charge in [-0.1, -0.05) is 6.07 Å². The van der Waals surface area contributed by atoms with Crippen molar-refractivity contribution in [1.29, 1.82) is 0 Å². The number of methoxy groups -OCH3 is 1. The topological polar surface area (TPSA) is 58.5 Å². The molecular weight excluding hydrogens is 204 g/mol. The molecule has 2 rings (SSSR count). The third-order valence-electron chi connectivity index (χ3n) is 2.33. The number of aromatic nitrogens is 1. The van der Waals surface area contributed by atoms with Crippen LogP contribution in [0.25, 0.3) is 0 Å². The van der Waals surface area contributed by atoms with Crippen LogP contribution in [0.1, 0.15) is 12.6 Å². The van der Waals surface area contributed by atoms with E-state index in [1.54, 1.807) is 7.11 Å². The van der Waals surface area contributed by atoms with E-state index in [1.165, 1.54) is 0 Å². The van der Waals surface area contributed by atoms with Crippen LogP contribution in [0.5, 0.6) is 5.88 Å². The van der Waals surface area contributed by atoms with Crippen molar-refractivity contribution in [3.63, 3.8) is 0 Å². The van der Waals surface area contributed by atoms with Gasteiger partial charge in [0.1, 0.15) is 0 Å². The third kappa shape index (κ3) is 2.62. The first kappa shape index (κ1) is 10.7. The fraction of sp³-hybridized carbons (Fsp3) is 0.455. The Morgan fingerprint density at radius 1 is 1.56 bits per heavy atom. The number of aliphatic imine (C=N–C) groups is 1. The van der Waals surface area contributed by atoms with E-state index in [9.17, 15) is 0 Å². The van der Waals surface area contributed by atoms with Crippen molar-refractivity contribution in [2.45, 2.75) is 19.5 Å². The predicted octanol–water partition coefficient (Wildman–Crippen LogP) is 0.527. The van der Waals surface area contributed by atoms with E-state index in [1.807, 2.05) is 18.2 Å². The molecule has 0 amide bonds. The van der Waals surface area contributed by atoms with E-state index in [2.05, 4.69) is 27.5 Å². The second-order valence-electron chi connectivity index (χ2n) is 3.76. The average Bonchev–Trinajstić information content (AvgIpc) is 2.73. The van der Waals surface area contributed by atoms with E-state index in [0.29, 0.717) is 18.5 Å². The normalized spacial score (nSPS) is 18.9. The summed E-state index contributed by atoms with van der Waals surface area (Å²) in [4.78, 5) is 8.61. The van der Waals surface area contributed by atoms with Crippen LogP contribution in [0.4, 0.5) is 0 Å². The van der Waals surface area contributed by atoms with Gasteiger partial charge in [-0.25, -0.2) is 4.98 Å². The minimum atomic E-state index is 0.417. The van der Waals surface area contributed by atoms with Gasteiger partial charge in [-0.15, -0.1) is 0 Å². The van der Waals surface area contributed by atoms with Crippen LogP contribution in [0, 0.1) is 0 Å². The van der Waals surface area contributed by atoms with Crippen LogP contribution >= 0.6 is 0 Å². The van der Waals surface area contributed by atoms with Gasteiger partial charge in [0.15, 0.2) is 5.96 Å². The van der Waals surface area contributed by atoms with Gasteiger partial charge < -0.3 is 15.4 Å². The van der Waals surface area contributed by atoms with Crippen molar-refractivity contribution >= 4 is 5.96 Å². The summed E-state index contributed by atoms with van der Waals surface area (Å²) < 4.78 is 5.06. The minimum absolute atomic E-state index is 0.417. The number of rotatable bonds is 3. The number of ether oxygens (including phenoxy) is 1. The average molecular weight is 220 g/mol. The molecule has 16 heavy (non-hydrogen) atoms. The summed E-state index contributed by atoms with van der Waals surface area (Å²) >= 11 is 0. The first-order valence-electron chi connectivity index (χ1n) is 5.32. The van der Waals surface area contributed by atoms with E-state index >= 15 is 0 Å². The number of nitrogens with zero attached hydrogens (tertiary/aromatic N) is 2. The van der Waals surface area contributed by atoms with Crippen LogP contribution < -0.4 is 15.4 Å². The Labute approximate surface area is 94.9 Å². The lowest BCUT2D eigenvalue weighted by molar-refractivity contribution is 0.396. The summed E-state index contributed by atoms with van der Waals surface area (Å²) in [6.45, 7) is 3.58. The van der Waals surface area contributed by atoms with Crippen LogP contribution in [0.15, 0.2) is 23.2 Å². The van der Waals surface area contributed by atoms with E-state index in [4.69, 9.17) is 4.74 Å². The standard InChI is InChI=1S/C11H16N4O/c1-8-6-12-11(14-8)13-7-9-4-3-5-10(15-9)16-2/h3-5,8H,6-7H2,1-2H3,(H2,12,13,14). The first-order chi connectivity index (χ1) is 7.78. The zero-order chi connectivity index (χ0) is 11.4. The van der Waals surface area contributed by atoms with Crippen molar-refractivity contribution in [2.24, 2.45) is 4.99 Å². The Kier molecular flexibility index (Phi) is 3.24. The predicted molar refractivity (Wildman–Crippen MR) is 62.5 cm³/mol. The molecule has 5 nitrogen and oxygen atoms in total. The molecule has 1 unspecified atom stereocenters. The molecule has 1 atom stereocenters. The Hall–Kier alpha value is -1.78. The van der Waals surface area contributed by atoms with Crippen LogP contribution in [-0.2, 0) is 6.54 Å². The molecule has 1 aliphatic rings. The highest BCUT2D eigenvalue weighted by atomic mass is 16.5. The smallest absolute Gasteiger partial charge is 0.213 e. The Bertz CT molecular complexity index is 391.